The second kappa shape index (κ2) is 11.9. The van der Waals surface area contributed by atoms with Crippen LogP contribution in [0.4, 0.5) is 0 Å². The van der Waals surface area contributed by atoms with Gasteiger partial charge in [-0.05, 0) is 81.5 Å². The van der Waals surface area contributed by atoms with E-state index >= 15 is 0 Å². The maximum Gasteiger partial charge on any atom is 0.138 e. The monoisotopic (exact) mass is 497 g/mol. The lowest BCUT2D eigenvalue weighted by Gasteiger charge is -2.27. The molecule has 0 amide bonds. The summed E-state index contributed by atoms with van der Waals surface area (Å²) in [5.74, 6) is 2.57. The summed E-state index contributed by atoms with van der Waals surface area (Å²) in [5.41, 5.74) is 1.50. The molecule has 1 aliphatic rings. The molecule has 1 aliphatic heterocycles. The highest BCUT2D eigenvalue weighted by Crippen LogP contribution is 2.29. The minimum Gasteiger partial charge on any atom is -0.494 e. The maximum atomic E-state index is 11.2. The summed E-state index contributed by atoms with van der Waals surface area (Å²) in [5, 5.41) is 11.7. The topological polar surface area (TPSA) is 59.8 Å². The van der Waals surface area contributed by atoms with E-state index in [1.807, 2.05) is 56.6 Å². The lowest BCUT2D eigenvalue weighted by molar-refractivity contribution is -0.0168. The molecule has 1 saturated heterocycles. The first kappa shape index (κ1) is 25.5. The Hall–Kier alpha value is -2.54. The first-order valence-electron chi connectivity index (χ1n) is 12.4. The summed E-state index contributed by atoms with van der Waals surface area (Å²) in [6, 6.07) is 14.1. The molecule has 1 N–H and O–H groups in total. The molecule has 3 aromatic rings. The third kappa shape index (κ3) is 7.47. The summed E-state index contributed by atoms with van der Waals surface area (Å²) in [6.07, 6.45) is 7.09. The number of benzene rings is 2. The number of aromatic nitrogens is 2. The summed E-state index contributed by atoms with van der Waals surface area (Å²) >= 11 is 6.25. The van der Waals surface area contributed by atoms with E-state index in [0.717, 1.165) is 62.6 Å². The molecule has 1 aromatic heterocycles. The van der Waals surface area contributed by atoms with Gasteiger partial charge in [0.25, 0.3) is 0 Å². The lowest BCUT2D eigenvalue weighted by Crippen LogP contribution is -2.37. The van der Waals surface area contributed by atoms with Crippen LogP contribution < -0.4 is 9.47 Å². The van der Waals surface area contributed by atoms with E-state index in [9.17, 15) is 5.11 Å². The van der Waals surface area contributed by atoms with Crippen LogP contribution in [-0.4, -0.2) is 51.5 Å². The SMILES string of the molecule is Cc1ccc(Cl)c(OCC2(O)CCCN(Cc3ccc(OCCCn4ccnc4C)cc3)CC2)c1. The first-order valence-corrected chi connectivity index (χ1v) is 12.8. The third-order valence-electron chi connectivity index (χ3n) is 6.66. The van der Waals surface area contributed by atoms with E-state index in [1.54, 1.807) is 0 Å². The van der Waals surface area contributed by atoms with Crippen molar-refractivity contribution in [3.05, 3.63) is 76.8 Å². The molecule has 0 spiro atoms. The van der Waals surface area contributed by atoms with Crippen LogP contribution in [0.5, 0.6) is 11.5 Å². The van der Waals surface area contributed by atoms with Gasteiger partial charge in [-0.15, -0.1) is 0 Å². The molecule has 1 atom stereocenters. The van der Waals surface area contributed by atoms with Gasteiger partial charge in [0.15, 0.2) is 0 Å². The number of likely N-dealkylation sites (tertiary alicyclic amines) is 1. The molecule has 0 saturated carbocycles. The van der Waals surface area contributed by atoms with Crippen molar-refractivity contribution < 1.29 is 14.6 Å². The standard InChI is InChI=1S/C28H36ClN3O3/c1-22-5-10-26(29)27(19-22)35-21-28(33)11-3-14-31(16-12-28)20-24-6-8-25(9-7-24)34-18-4-15-32-17-13-30-23(32)2/h5-10,13,17,19,33H,3-4,11-12,14-16,18,20-21H2,1-2H3. The molecule has 2 aromatic carbocycles. The van der Waals surface area contributed by atoms with Gasteiger partial charge < -0.3 is 19.1 Å². The lowest BCUT2D eigenvalue weighted by atomic mass is 9.96. The average molecular weight is 498 g/mol. The number of nitrogens with zero attached hydrogens (tertiary/aromatic N) is 3. The highest BCUT2D eigenvalue weighted by molar-refractivity contribution is 6.32. The molecule has 0 aliphatic carbocycles. The molecule has 1 fully saturated rings. The Labute approximate surface area is 213 Å². The molecular weight excluding hydrogens is 462 g/mol. The van der Waals surface area contributed by atoms with Gasteiger partial charge in [0.05, 0.1) is 17.2 Å². The molecule has 1 unspecified atom stereocenters. The van der Waals surface area contributed by atoms with Crippen molar-refractivity contribution in [2.45, 2.75) is 58.2 Å². The largest absolute Gasteiger partial charge is 0.494 e. The molecule has 7 heteroatoms. The summed E-state index contributed by atoms with van der Waals surface area (Å²) in [4.78, 5) is 6.65. The summed E-state index contributed by atoms with van der Waals surface area (Å²) in [6.45, 7) is 8.51. The minimum absolute atomic E-state index is 0.260. The fourth-order valence-corrected chi connectivity index (χ4v) is 4.66. The van der Waals surface area contributed by atoms with Crippen LogP contribution in [0.2, 0.25) is 5.02 Å². The van der Waals surface area contributed by atoms with Crippen molar-refractivity contribution in [1.29, 1.82) is 0 Å². The molecular formula is C28H36ClN3O3. The highest BCUT2D eigenvalue weighted by atomic mass is 35.5. The van der Waals surface area contributed by atoms with Gasteiger partial charge in [0.2, 0.25) is 0 Å². The van der Waals surface area contributed by atoms with Crippen LogP contribution in [0.3, 0.4) is 0 Å². The Bertz CT molecular complexity index is 1090. The van der Waals surface area contributed by atoms with Crippen molar-refractivity contribution in [3.8, 4) is 11.5 Å². The average Bonchev–Trinajstić information content (AvgIpc) is 3.17. The van der Waals surface area contributed by atoms with Gasteiger partial charge in [-0.1, -0.05) is 29.8 Å². The van der Waals surface area contributed by atoms with Crippen LogP contribution in [0.15, 0.2) is 54.9 Å². The molecule has 0 radical (unpaired) electrons. The van der Waals surface area contributed by atoms with E-state index in [-0.39, 0.29) is 6.61 Å². The van der Waals surface area contributed by atoms with Crippen molar-refractivity contribution in [2.75, 3.05) is 26.3 Å². The van der Waals surface area contributed by atoms with Crippen LogP contribution >= 0.6 is 11.6 Å². The summed E-state index contributed by atoms with van der Waals surface area (Å²) in [7, 11) is 0. The normalized spacial score (nSPS) is 18.9. The van der Waals surface area contributed by atoms with Gasteiger partial charge in [0.1, 0.15) is 23.9 Å². The number of aryl methyl sites for hydroxylation is 3. The van der Waals surface area contributed by atoms with Gasteiger partial charge in [-0.3, -0.25) is 4.90 Å². The van der Waals surface area contributed by atoms with Gasteiger partial charge in [0, 0.05) is 32.0 Å². The first-order chi connectivity index (χ1) is 16.9. The number of ether oxygens (including phenoxy) is 2. The quantitative estimate of drug-likeness (QED) is 0.379. The third-order valence-corrected chi connectivity index (χ3v) is 6.97. The van der Waals surface area contributed by atoms with E-state index in [0.29, 0.717) is 23.8 Å². The van der Waals surface area contributed by atoms with Gasteiger partial charge >= 0.3 is 0 Å². The van der Waals surface area contributed by atoms with E-state index < -0.39 is 5.60 Å². The van der Waals surface area contributed by atoms with Crippen molar-refractivity contribution >= 4 is 11.6 Å². The zero-order valence-electron chi connectivity index (χ0n) is 20.8. The van der Waals surface area contributed by atoms with Crippen LogP contribution in [0.1, 0.15) is 42.6 Å². The number of rotatable bonds is 10. The molecule has 4 rings (SSSR count). The Kier molecular flexibility index (Phi) is 8.71. The number of halogens is 1. The Morgan fingerprint density at radius 1 is 1.06 bits per heavy atom. The molecule has 188 valence electrons. The Morgan fingerprint density at radius 3 is 2.66 bits per heavy atom. The van der Waals surface area contributed by atoms with Crippen molar-refractivity contribution in [1.82, 2.24) is 14.5 Å². The number of hydrogen-bond acceptors (Lipinski definition) is 5. The zero-order chi connectivity index (χ0) is 24.7. The maximum absolute atomic E-state index is 11.2. The second-order valence-electron chi connectivity index (χ2n) is 9.59. The highest BCUT2D eigenvalue weighted by Gasteiger charge is 2.31. The Morgan fingerprint density at radius 2 is 1.89 bits per heavy atom. The molecule has 2 heterocycles. The van der Waals surface area contributed by atoms with Crippen LogP contribution in [-0.2, 0) is 13.1 Å². The minimum atomic E-state index is -0.839. The van der Waals surface area contributed by atoms with Gasteiger partial charge in [-0.2, -0.15) is 0 Å². The number of aliphatic hydroxyl groups is 1. The van der Waals surface area contributed by atoms with E-state index in [2.05, 4.69) is 26.6 Å². The molecule has 6 nitrogen and oxygen atoms in total. The fraction of sp³-hybridized carbons (Fsp3) is 0.464. The number of imidazole rings is 1. The molecule has 35 heavy (non-hydrogen) atoms. The van der Waals surface area contributed by atoms with Crippen molar-refractivity contribution in [3.63, 3.8) is 0 Å². The van der Waals surface area contributed by atoms with Crippen LogP contribution in [0.25, 0.3) is 0 Å². The van der Waals surface area contributed by atoms with Crippen molar-refractivity contribution in [2.24, 2.45) is 0 Å². The fourth-order valence-electron chi connectivity index (χ4n) is 4.48. The Balaban J connectivity index is 1.21. The van der Waals surface area contributed by atoms with E-state index in [1.165, 1.54) is 5.56 Å². The summed E-state index contributed by atoms with van der Waals surface area (Å²) < 4.78 is 14.0. The number of hydrogen-bond donors (Lipinski definition) is 1. The zero-order valence-corrected chi connectivity index (χ0v) is 21.5. The van der Waals surface area contributed by atoms with Crippen LogP contribution in [0, 0.1) is 13.8 Å². The predicted molar refractivity (Wildman–Crippen MR) is 139 cm³/mol. The predicted octanol–water partition coefficient (Wildman–Crippen LogP) is 5.42. The molecule has 0 bridgehead atoms. The second-order valence-corrected chi connectivity index (χ2v) is 10.00. The van der Waals surface area contributed by atoms with Gasteiger partial charge in [-0.25, -0.2) is 4.98 Å². The smallest absolute Gasteiger partial charge is 0.138 e. The van der Waals surface area contributed by atoms with E-state index in [4.69, 9.17) is 21.1 Å².